The number of hydrogen-bond donors (Lipinski definition) is 0. The maximum atomic E-state index is 12.1. The molecule has 3 nitrogen and oxygen atoms in total. The van der Waals surface area contributed by atoms with Crippen molar-refractivity contribution in [1.82, 2.24) is 0 Å². The van der Waals surface area contributed by atoms with Gasteiger partial charge in [0.25, 0.3) is 0 Å². The molecule has 0 rings (SSSR count). The Hall–Kier alpha value is -0.910. The molecule has 0 bridgehead atoms. The van der Waals surface area contributed by atoms with Crippen LogP contribution in [0.1, 0.15) is 20.3 Å². The number of alkyl halides is 3. The van der Waals surface area contributed by atoms with E-state index in [0.29, 0.717) is 0 Å². The van der Waals surface area contributed by atoms with Gasteiger partial charge in [0.05, 0.1) is 0 Å². The minimum Gasteiger partial charge on any atom is -0.352 e. The van der Waals surface area contributed by atoms with E-state index >= 15 is 0 Å². The van der Waals surface area contributed by atoms with Crippen molar-refractivity contribution in [3.05, 3.63) is 0 Å². The summed E-state index contributed by atoms with van der Waals surface area (Å²) in [6, 6.07) is 0. The van der Waals surface area contributed by atoms with Gasteiger partial charge in [-0.2, -0.15) is 13.2 Å². The summed E-state index contributed by atoms with van der Waals surface area (Å²) in [6.07, 6.45) is -4.61. The van der Waals surface area contributed by atoms with Gasteiger partial charge in [-0.15, -0.1) is 0 Å². The summed E-state index contributed by atoms with van der Waals surface area (Å²) >= 11 is 0. The molecule has 0 aromatic heterocycles. The molecule has 0 fully saturated rings. The fraction of sp³-hybridized carbons (Fsp3) is 0.750. The SMILES string of the molecule is CCC(=NCOCC(C)=O)C(F)(F)F. The first kappa shape index (κ1) is 13.1. The van der Waals surface area contributed by atoms with Crippen molar-refractivity contribution in [3.63, 3.8) is 0 Å². The van der Waals surface area contributed by atoms with Crippen molar-refractivity contribution in [1.29, 1.82) is 0 Å². The summed E-state index contributed by atoms with van der Waals surface area (Å²) in [5, 5.41) is 0. The lowest BCUT2D eigenvalue weighted by Gasteiger charge is -2.07. The summed E-state index contributed by atoms with van der Waals surface area (Å²) in [5.41, 5.74) is -0.874. The molecule has 0 saturated carbocycles. The van der Waals surface area contributed by atoms with Crippen molar-refractivity contribution >= 4 is 11.5 Å². The highest BCUT2D eigenvalue weighted by atomic mass is 19.4. The number of Topliss-reactive ketones (excluding diaryl/α,β-unsaturated/α-hetero) is 1. The number of halogens is 3. The maximum absolute atomic E-state index is 12.1. The largest absolute Gasteiger partial charge is 0.429 e. The second-order valence-electron chi connectivity index (χ2n) is 2.64. The van der Waals surface area contributed by atoms with Gasteiger partial charge in [0, 0.05) is 0 Å². The van der Waals surface area contributed by atoms with Crippen LogP contribution in [0, 0.1) is 0 Å². The van der Waals surface area contributed by atoms with Crippen LogP contribution in [0.5, 0.6) is 0 Å². The molecule has 0 aliphatic rings. The molecule has 0 unspecified atom stereocenters. The molecule has 0 aliphatic heterocycles. The van der Waals surface area contributed by atoms with Crippen molar-refractivity contribution in [3.8, 4) is 0 Å². The number of ether oxygens (including phenoxy) is 1. The minimum absolute atomic E-state index is 0.201. The zero-order valence-electron chi connectivity index (χ0n) is 8.02. The lowest BCUT2D eigenvalue weighted by Crippen LogP contribution is -2.22. The van der Waals surface area contributed by atoms with E-state index < -0.39 is 18.6 Å². The third-order valence-electron chi connectivity index (χ3n) is 1.31. The van der Waals surface area contributed by atoms with Gasteiger partial charge >= 0.3 is 6.18 Å². The Balaban J connectivity index is 4.01. The molecule has 0 amide bonds. The lowest BCUT2D eigenvalue weighted by atomic mass is 10.3. The average molecular weight is 211 g/mol. The molecule has 0 heterocycles. The molecule has 0 aliphatic carbocycles. The fourth-order valence-electron chi connectivity index (χ4n) is 0.715. The zero-order valence-corrected chi connectivity index (χ0v) is 8.02. The van der Waals surface area contributed by atoms with Gasteiger partial charge in [0.2, 0.25) is 0 Å². The van der Waals surface area contributed by atoms with Crippen LogP contribution < -0.4 is 0 Å². The van der Waals surface area contributed by atoms with Gasteiger partial charge in [0.15, 0.2) is 5.78 Å². The lowest BCUT2D eigenvalue weighted by molar-refractivity contribution is -0.121. The quantitative estimate of drug-likeness (QED) is 0.515. The molecule has 6 heteroatoms. The molecule has 14 heavy (non-hydrogen) atoms. The van der Waals surface area contributed by atoms with E-state index in [9.17, 15) is 18.0 Å². The molecular formula is C8H12F3NO2. The van der Waals surface area contributed by atoms with Gasteiger partial charge < -0.3 is 4.74 Å². The van der Waals surface area contributed by atoms with E-state index in [1.165, 1.54) is 13.8 Å². The maximum Gasteiger partial charge on any atom is 0.429 e. The fourth-order valence-corrected chi connectivity index (χ4v) is 0.715. The second kappa shape index (κ2) is 5.74. The third-order valence-corrected chi connectivity index (χ3v) is 1.31. The summed E-state index contributed by atoms with van der Waals surface area (Å²) in [6.45, 7) is 2.01. The smallest absolute Gasteiger partial charge is 0.352 e. The molecule has 0 aromatic rings. The molecule has 0 atom stereocenters. The first-order chi connectivity index (χ1) is 6.38. The third kappa shape index (κ3) is 5.69. The summed E-state index contributed by atoms with van der Waals surface area (Å²) in [4.78, 5) is 13.6. The second-order valence-corrected chi connectivity index (χ2v) is 2.64. The average Bonchev–Trinajstić information content (AvgIpc) is 2.01. The Morgan fingerprint density at radius 1 is 1.43 bits per heavy atom. The molecule has 0 N–H and O–H groups in total. The Morgan fingerprint density at radius 2 is 2.00 bits per heavy atom. The normalized spacial score (nSPS) is 13.1. The number of carbonyl (C=O) groups is 1. The highest BCUT2D eigenvalue weighted by Crippen LogP contribution is 2.19. The van der Waals surface area contributed by atoms with Crippen LogP contribution in [0.4, 0.5) is 13.2 Å². The van der Waals surface area contributed by atoms with Crippen LogP contribution in [0.2, 0.25) is 0 Å². The van der Waals surface area contributed by atoms with E-state index in [4.69, 9.17) is 0 Å². The van der Waals surface area contributed by atoms with Gasteiger partial charge in [-0.1, -0.05) is 6.92 Å². The standard InChI is InChI=1S/C8H12F3NO2/c1-3-7(8(9,10)11)12-5-14-4-6(2)13/h3-5H2,1-2H3. The van der Waals surface area contributed by atoms with Crippen molar-refractivity contribution in [2.75, 3.05) is 13.3 Å². The highest BCUT2D eigenvalue weighted by Gasteiger charge is 2.33. The topological polar surface area (TPSA) is 38.7 Å². The number of hydrogen-bond acceptors (Lipinski definition) is 3. The van der Waals surface area contributed by atoms with Crippen molar-refractivity contribution in [2.45, 2.75) is 26.4 Å². The van der Waals surface area contributed by atoms with Gasteiger partial charge in [-0.3, -0.25) is 9.79 Å². The molecular weight excluding hydrogens is 199 g/mol. The number of ketones is 1. The Morgan fingerprint density at radius 3 is 2.36 bits per heavy atom. The van der Waals surface area contributed by atoms with E-state index in [2.05, 4.69) is 9.73 Å². The van der Waals surface area contributed by atoms with Crippen LogP contribution >= 0.6 is 0 Å². The number of aliphatic imine (C=N–C) groups is 1. The highest BCUT2D eigenvalue weighted by molar-refractivity contribution is 5.89. The Bertz CT molecular complexity index is 223. The number of carbonyl (C=O) groups excluding carboxylic acids is 1. The number of nitrogens with zero attached hydrogens (tertiary/aromatic N) is 1. The van der Waals surface area contributed by atoms with Gasteiger partial charge in [0.1, 0.15) is 19.0 Å². The predicted molar refractivity (Wildman–Crippen MR) is 45.3 cm³/mol. The predicted octanol–water partition coefficient (Wildman–Crippen LogP) is 1.96. The van der Waals surface area contributed by atoms with E-state index in [0.717, 1.165) is 0 Å². The van der Waals surface area contributed by atoms with E-state index in [1.54, 1.807) is 0 Å². The molecule has 0 radical (unpaired) electrons. The van der Waals surface area contributed by atoms with Crippen LogP contribution in [-0.2, 0) is 9.53 Å². The number of rotatable bonds is 5. The monoisotopic (exact) mass is 211 g/mol. The van der Waals surface area contributed by atoms with E-state index in [-0.39, 0.29) is 18.8 Å². The summed E-state index contributed by atoms with van der Waals surface area (Å²) in [7, 11) is 0. The summed E-state index contributed by atoms with van der Waals surface area (Å²) in [5.74, 6) is -0.245. The van der Waals surface area contributed by atoms with Crippen LogP contribution in [0.15, 0.2) is 4.99 Å². The Labute approximate surface area is 80.0 Å². The minimum atomic E-state index is -4.41. The molecule has 0 spiro atoms. The van der Waals surface area contributed by atoms with Gasteiger partial charge in [-0.05, 0) is 13.3 Å². The van der Waals surface area contributed by atoms with Crippen LogP contribution in [-0.4, -0.2) is 31.0 Å². The van der Waals surface area contributed by atoms with Gasteiger partial charge in [-0.25, -0.2) is 0 Å². The first-order valence-corrected chi connectivity index (χ1v) is 4.05. The molecule has 82 valence electrons. The molecule has 0 saturated heterocycles. The van der Waals surface area contributed by atoms with Crippen LogP contribution in [0.25, 0.3) is 0 Å². The van der Waals surface area contributed by atoms with Crippen molar-refractivity contribution < 1.29 is 22.7 Å². The van der Waals surface area contributed by atoms with Crippen molar-refractivity contribution in [2.24, 2.45) is 4.99 Å². The zero-order chi connectivity index (χ0) is 11.2. The van der Waals surface area contributed by atoms with Crippen LogP contribution in [0.3, 0.4) is 0 Å². The summed E-state index contributed by atoms with van der Waals surface area (Å²) < 4.78 is 40.7. The Kier molecular flexibility index (Phi) is 5.37. The van der Waals surface area contributed by atoms with E-state index in [1.807, 2.05) is 0 Å². The molecule has 0 aromatic carbocycles. The first-order valence-electron chi connectivity index (χ1n) is 4.05.